The molecular weight excluding hydrogens is 213 g/mol. The van der Waals surface area contributed by atoms with Crippen LogP contribution in [0.25, 0.3) is 0 Å². The molecule has 0 unspecified atom stereocenters. The first-order chi connectivity index (χ1) is 6.00. The van der Waals surface area contributed by atoms with Gasteiger partial charge in [-0.1, -0.05) is 23.2 Å². The Morgan fingerprint density at radius 1 is 1.38 bits per heavy atom. The van der Waals surface area contributed by atoms with Crippen molar-refractivity contribution < 1.29 is 9.53 Å². The second-order valence-electron chi connectivity index (χ2n) is 2.45. The summed E-state index contributed by atoms with van der Waals surface area (Å²) in [6, 6.07) is 3.05. The maximum atomic E-state index is 10.4. The standard InChI is InChI=1S/C8H7Cl2NO2/c1-4-2-6(10)7(3-5(4)9)13-8(11)12/h2-3H,1H3,(H2,11,12). The van der Waals surface area contributed by atoms with Gasteiger partial charge in [-0.2, -0.15) is 0 Å². The normalized spacial score (nSPS) is 9.77. The molecule has 1 amide bonds. The van der Waals surface area contributed by atoms with Crippen molar-refractivity contribution in [2.45, 2.75) is 6.92 Å². The van der Waals surface area contributed by atoms with Crippen molar-refractivity contribution in [2.75, 3.05) is 0 Å². The highest BCUT2D eigenvalue weighted by molar-refractivity contribution is 6.34. The molecule has 70 valence electrons. The van der Waals surface area contributed by atoms with Crippen LogP contribution in [0.2, 0.25) is 10.0 Å². The van der Waals surface area contributed by atoms with Crippen molar-refractivity contribution in [1.29, 1.82) is 0 Å². The topological polar surface area (TPSA) is 52.3 Å². The molecule has 0 aromatic heterocycles. The Bertz CT molecular complexity index is 352. The smallest absolute Gasteiger partial charge is 0.409 e. The molecule has 1 aromatic rings. The average molecular weight is 220 g/mol. The number of carbonyl (C=O) groups is 1. The number of aryl methyl sites for hydroxylation is 1. The van der Waals surface area contributed by atoms with Crippen molar-refractivity contribution in [3.8, 4) is 5.75 Å². The molecule has 0 saturated carbocycles. The largest absolute Gasteiger partial charge is 0.410 e. The lowest BCUT2D eigenvalue weighted by Gasteiger charge is -2.05. The summed E-state index contributed by atoms with van der Waals surface area (Å²) in [5.41, 5.74) is 5.63. The maximum absolute atomic E-state index is 10.4. The zero-order valence-electron chi connectivity index (χ0n) is 6.80. The van der Waals surface area contributed by atoms with Gasteiger partial charge in [0.25, 0.3) is 0 Å². The van der Waals surface area contributed by atoms with Crippen LogP contribution in [0.15, 0.2) is 12.1 Å². The summed E-state index contributed by atoms with van der Waals surface area (Å²) in [4.78, 5) is 10.4. The van der Waals surface area contributed by atoms with E-state index in [-0.39, 0.29) is 5.75 Å². The van der Waals surface area contributed by atoms with Crippen LogP contribution in [0.3, 0.4) is 0 Å². The maximum Gasteiger partial charge on any atom is 0.410 e. The van der Waals surface area contributed by atoms with E-state index < -0.39 is 6.09 Å². The molecule has 0 atom stereocenters. The van der Waals surface area contributed by atoms with Gasteiger partial charge in [0.05, 0.1) is 5.02 Å². The average Bonchev–Trinajstić information content (AvgIpc) is 1.99. The minimum Gasteiger partial charge on any atom is -0.409 e. The fraction of sp³-hybridized carbons (Fsp3) is 0.125. The molecule has 0 radical (unpaired) electrons. The first-order valence-corrected chi connectivity index (χ1v) is 4.19. The molecule has 0 bridgehead atoms. The Kier molecular flexibility index (Phi) is 3.01. The molecule has 0 heterocycles. The number of ether oxygens (including phenoxy) is 1. The Morgan fingerprint density at radius 3 is 2.54 bits per heavy atom. The van der Waals surface area contributed by atoms with Crippen LogP contribution in [-0.2, 0) is 0 Å². The van der Waals surface area contributed by atoms with Crippen LogP contribution in [-0.4, -0.2) is 6.09 Å². The number of amides is 1. The first-order valence-electron chi connectivity index (χ1n) is 3.43. The predicted octanol–water partition coefficient (Wildman–Crippen LogP) is 2.76. The van der Waals surface area contributed by atoms with E-state index in [1.807, 2.05) is 0 Å². The summed E-state index contributed by atoms with van der Waals surface area (Å²) in [5, 5.41) is 0.779. The summed E-state index contributed by atoms with van der Waals surface area (Å²) < 4.78 is 4.60. The Balaban J connectivity index is 3.08. The molecular formula is C8H7Cl2NO2. The van der Waals surface area contributed by atoms with Gasteiger partial charge in [0.15, 0.2) is 5.75 Å². The number of rotatable bonds is 1. The summed E-state index contributed by atoms with van der Waals surface area (Å²) in [7, 11) is 0. The Labute approximate surface area is 85.4 Å². The van der Waals surface area contributed by atoms with Crippen molar-refractivity contribution in [3.63, 3.8) is 0 Å². The number of benzene rings is 1. The van der Waals surface area contributed by atoms with Gasteiger partial charge in [-0.05, 0) is 18.6 Å². The second kappa shape index (κ2) is 3.85. The molecule has 13 heavy (non-hydrogen) atoms. The summed E-state index contributed by atoms with van der Waals surface area (Å²) >= 11 is 11.5. The highest BCUT2D eigenvalue weighted by atomic mass is 35.5. The van der Waals surface area contributed by atoms with Crippen molar-refractivity contribution in [3.05, 3.63) is 27.7 Å². The number of carbonyl (C=O) groups excluding carboxylic acids is 1. The Morgan fingerprint density at radius 2 is 2.00 bits per heavy atom. The second-order valence-corrected chi connectivity index (χ2v) is 3.27. The molecule has 0 fully saturated rings. The van der Waals surface area contributed by atoms with Gasteiger partial charge >= 0.3 is 6.09 Å². The summed E-state index contributed by atoms with van der Waals surface area (Å²) in [5.74, 6) is 0.171. The molecule has 1 rings (SSSR count). The van der Waals surface area contributed by atoms with Crippen LogP contribution in [0.4, 0.5) is 4.79 Å². The van der Waals surface area contributed by atoms with E-state index >= 15 is 0 Å². The molecule has 0 aliphatic carbocycles. The van der Waals surface area contributed by atoms with Crippen LogP contribution in [0, 0.1) is 6.92 Å². The van der Waals surface area contributed by atoms with Gasteiger partial charge in [-0.25, -0.2) is 4.79 Å². The van der Waals surface area contributed by atoms with Gasteiger partial charge in [-0.15, -0.1) is 0 Å². The van der Waals surface area contributed by atoms with E-state index in [9.17, 15) is 4.79 Å². The van der Waals surface area contributed by atoms with E-state index in [4.69, 9.17) is 28.9 Å². The van der Waals surface area contributed by atoms with Crippen LogP contribution >= 0.6 is 23.2 Å². The number of hydrogen-bond donors (Lipinski definition) is 1. The highest BCUT2D eigenvalue weighted by Crippen LogP contribution is 2.30. The third kappa shape index (κ3) is 2.50. The predicted molar refractivity (Wildman–Crippen MR) is 51.4 cm³/mol. The minimum atomic E-state index is -0.915. The molecule has 3 nitrogen and oxygen atoms in total. The third-order valence-electron chi connectivity index (χ3n) is 1.42. The van der Waals surface area contributed by atoms with Crippen LogP contribution < -0.4 is 10.5 Å². The molecule has 0 spiro atoms. The number of hydrogen-bond acceptors (Lipinski definition) is 2. The lowest BCUT2D eigenvalue weighted by molar-refractivity contribution is 0.211. The lowest BCUT2D eigenvalue weighted by Crippen LogP contribution is -2.16. The van der Waals surface area contributed by atoms with Gasteiger partial charge < -0.3 is 10.5 Å². The van der Waals surface area contributed by atoms with Crippen LogP contribution in [0.1, 0.15) is 5.56 Å². The lowest BCUT2D eigenvalue weighted by atomic mass is 10.2. The minimum absolute atomic E-state index is 0.171. The number of primary amides is 1. The third-order valence-corrected chi connectivity index (χ3v) is 2.13. The zero-order valence-corrected chi connectivity index (χ0v) is 8.32. The van der Waals surface area contributed by atoms with E-state index in [1.165, 1.54) is 6.07 Å². The summed E-state index contributed by atoms with van der Waals surface area (Å²) in [6.07, 6.45) is -0.915. The monoisotopic (exact) mass is 219 g/mol. The van der Waals surface area contributed by atoms with Crippen molar-refractivity contribution >= 4 is 29.3 Å². The molecule has 0 aliphatic heterocycles. The molecule has 5 heteroatoms. The molecule has 0 saturated heterocycles. The highest BCUT2D eigenvalue weighted by Gasteiger charge is 2.07. The van der Waals surface area contributed by atoms with E-state index in [1.54, 1.807) is 13.0 Å². The van der Waals surface area contributed by atoms with Gasteiger partial charge in [0.1, 0.15) is 0 Å². The van der Waals surface area contributed by atoms with Gasteiger partial charge in [0.2, 0.25) is 0 Å². The molecule has 0 aliphatic rings. The SMILES string of the molecule is Cc1cc(Cl)c(OC(N)=O)cc1Cl. The fourth-order valence-electron chi connectivity index (χ4n) is 0.815. The fourth-order valence-corrected chi connectivity index (χ4v) is 1.23. The Hall–Kier alpha value is -0.930. The quantitative estimate of drug-likeness (QED) is 0.790. The molecule has 1 aromatic carbocycles. The van der Waals surface area contributed by atoms with Gasteiger partial charge in [-0.3, -0.25) is 0 Å². The van der Waals surface area contributed by atoms with Crippen molar-refractivity contribution in [1.82, 2.24) is 0 Å². The number of nitrogens with two attached hydrogens (primary N) is 1. The van der Waals surface area contributed by atoms with E-state index in [0.29, 0.717) is 10.0 Å². The van der Waals surface area contributed by atoms with Crippen LogP contribution in [0.5, 0.6) is 5.75 Å². The van der Waals surface area contributed by atoms with E-state index in [0.717, 1.165) is 5.56 Å². The number of halogens is 2. The zero-order chi connectivity index (χ0) is 10.0. The van der Waals surface area contributed by atoms with E-state index in [2.05, 4.69) is 4.74 Å². The summed E-state index contributed by atoms with van der Waals surface area (Å²) in [6.45, 7) is 1.79. The van der Waals surface area contributed by atoms with Crippen molar-refractivity contribution in [2.24, 2.45) is 5.73 Å². The molecule has 2 N–H and O–H groups in total. The first kappa shape index (κ1) is 10.2. The van der Waals surface area contributed by atoms with Gasteiger partial charge in [0, 0.05) is 11.1 Å².